The molecule has 1 saturated carbocycles. The minimum absolute atomic E-state index is 0.146. The van der Waals surface area contributed by atoms with Crippen LogP contribution < -0.4 is 0 Å². The van der Waals surface area contributed by atoms with E-state index in [1.807, 2.05) is 6.92 Å². The molecular formula is C13H23NO2. The molecule has 1 rings (SSSR count). The molecule has 0 amide bonds. The van der Waals surface area contributed by atoms with Gasteiger partial charge in [-0.05, 0) is 38.0 Å². The summed E-state index contributed by atoms with van der Waals surface area (Å²) in [7, 11) is 0. The molecule has 4 atom stereocenters. The van der Waals surface area contributed by atoms with Gasteiger partial charge in [0.25, 0.3) is 0 Å². The summed E-state index contributed by atoms with van der Waals surface area (Å²) in [5.74, 6) is 0.216. The minimum Gasteiger partial charge on any atom is -0.391 e. The highest BCUT2D eigenvalue weighted by Gasteiger charge is 2.51. The van der Waals surface area contributed by atoms with Crippen LogP contribution in [-0.4, -0.2) is 22.9 Å². The Balaban J connectivity index is 2.84. The van der Waals surface area contributed by atoms with Gasteiger partial charge in [-0.15, -0.1) is 0 Å². The second-order valence-corrected chi connectivity index (χ2v) is 6.01. The summed E-state index contributed by atoms with van der Waals surface area (Å²) in [5, 5.41) is 18.9. The van der Waals surface area contributed by atoms with Gasteiger partial charge in [0.15, 0.2) is 5.60 Å². The van der Waals surface area contributed by atoms with E-state index in [0.29, 0.717) is 0 Å². The van der Waals surface area contributed by atoms with Gasteiger partial charge in [0.05, 0.1) is 18.3 Å². The van der Waals surface area contributed by atoms with Crippen LogP contribution >= 0.6 is 0 Å². The average molecular weight is 225 g/mol. The van der Waals surface area contributed by atoms with Crippen molar-refractivity contribution in [1.82, 2.24) is 0 Å². The number of ether oxygens (including phenoxy) is 1. The zero-order valence-electron chi connectivity index (χ0n) is 10.9. The van der Waals surface area contributed by atoms with Crippen molar-refractivity contribution in [3.05, 3.63) is 0 Å². The molecule has 0 heterocycles. The summed E-state index contributed by atoms with van der Waals surface area (Å²) >= 11 is 0. The van der Waals surface area contributed by atoms with E-state index in [9.17, 15) is 10.4 Å². The molecule has 0 aromatic carbocycles. The molecular weight excluding hydrogens is 202 g/mol. The Hall–Kier alpha value is -0.590. The van der Waals surface area contributed by atoms with E-state index in [2.05, 4.69) is 26.8 Å². The van der Waals surface area contributed by atoms with Crippen LogP contribution in [-0.2, 0) is 4.74 Å². The Labute approximate surface area is 98.4 Å². The van der Waals surface area contributed by atoms with E-state index in [1.165, 1.54) is 0 Å². The smallest absolute Gasteiger partial charge is 0.157 e. The number of aliphatic hydroxyl groups excluding tert-OH is 1. The lowest BCUT2D eigenvalue weighted by molar-refractivity contribution is -0.111. The van der Waals surface area contributed by atoms with Crippen molar-refractivity contribution in [3.8, 4) is 6.07 Å². The van der Waals surface area contributed by atoms with Gasteiger partial charge in [0.2, 0.25) is 0 Å². The molecule has 0 spiro atoms. The SMILES string of the molecule is CC(O)C(C)OC1(C#N)CC(C)(C)CC1C. The highest BCUT2D eigenvalue weighted by Crippen LogP contribution is 2.49. The van der Waals surface area contributed by atoms with E-state index in [0.717, 1.165) is 12.8 Å². The molecule has 1 aliphatic carbocycles. The Morgan fingerprint density at radius 1 is 1.44 bits per heavy atom. The van der Waals surface area contributed by atoms with E-state index < -0.39 is 11.7 Å². The lowest BCUT2D eigenvalue weighted by atomic mass is 9.89. The van der Waals surface area contributed by atoms with Gasteiger partial charge in [0, 0.05) is 0 Å². The van der Waals surface area contributed by atoms with Crippen molar-refractivity contribution in [3.63, 3.8) is 0 Å². The van der Waals surface area contributed by atoms with Crippen LogP contribution in [0, 0.1) is 22.7 Å². The molecule has 3 nitrogen and oxygen atoms in total. The van der Waals surface area contributed by atoms with Crippen molar-refractivity contribution < 1.29 is 9.84 Å². The lowest BCUT2D eigenvalue weighted by Crippen LogP contribution is -2.40. The summed E-state index contributed by atoms with van der Waals surface area (Å²) in [4.78, 5) is 0. The predicted octanol–water partition coefficient (Wildman–Crippen LogP) is 2.49. The number of hydrogen-bond donors (Lipinski definition) is 1. The minimum atomic E-state index is -0.722. The Morgan fingerprint density at radius 3 is 2.31 bits per heavy atom. The first-order valence-corrected chi connectivity index (χ1v) is 5.99. The van der Waals surface area contributed by atoms with Gasteiger partial charge in [-0.2, -0.15) is 5.26 Å². The van der Waals surface area contributed by atoms with E-state index in [1.54, 1.807) is 6.92 Å². The van der Waals surface area contributed by atoms with Crippen LogP contribution in [0.15, 0.2) is 0 Å². The van der Waals surface area contributed by atoms with Crippen molar-refractivity contribution in [2.24, 2.45) is 11.3 Å². The molecule has 3 heteroatoms. The molecule has 0 aromatic rings. The molecule has 16 heavy (non-hydrogen) atoms. The quantitative estimate of drug-likeness (QED) is 0.803. The number of rotatable bonds is 3. The van der Waals surface area contributed by atoms with Crippen LogP contribution in [0.25, 0.3) is 0 Å². The summed E-state index contributed by atoms with van der Waals surface area (Å²) in [6.45, 7) is 9.91. The lowest BCUT2D eigenvalue weighted by Gasteiger charge is -2.31. The molecule has 0 aliphatic heterocycles. The average Bonchev–Trinajstić information content (AvgIpc) is 2.36. The van der Waals surface area contributed by atoms with E-state index in [-0.39, 0.29) is 17.4 Å². The van der Waals surface area contributed by atoms with Crippen LogP contribution in [0.4, 0.5) is 0 Å². The standard InChI is InChI=1S/C13H23NO2/c1-9-6-12(4,5)7-13(9,8-14)16-11(3)10(2)15/h9-11,15H,6-7H2,1-5H3. The molecule has 0 bridgehead atoms. The van der Waals surface area contributed by atoms with Gasteiger partial charge >= 0.3 is 0 Å². The maximum absolute atomic E-state index is 9.47. The largest absolute Gasteiger partial charge is 0.391 e. The van der Waals surface area contributed by atoms with Crippen LogP contribution in [0.2, 0.25) is 0 Å². The van der Waals surface area contributed by atoms with Crippen LogP contribution in [0.3, 0.4) is 0 Å². The van der Waals surface area contributed by atoms with Crippen molar-refractivity contribution in [2.45, 2.75) is 65.3 Å². The Bertz CT molecular complexity index is 293. The van der Waals surface area contributed by atoms with E-state index >= 15 is 0 Å². The second-order valence-electron chi connectivity index (χ2n) is 6.01. The van der Waals surface area contributed by atoms with E-state index in [4.69, 9.17) is 4.74 Å². The molecule has 0 aromatic heterocycles. The number of aliphatic hydroxyl groups is 1. The van der Waals surface area contributed by atoms with Gasteiger partial charge in [0.1, 0.15) is 0 Å². The van der Waals surface area contributed by atoms with Crippen LogP contribution in [0.1, 0.15) is 47.5 Å². The fraction of sp³-hybridized carbons (Fsp3) is 0.923. The monoisotopic (exact) mass is 225 g/mol. The third-order valence-electron chi connectivity index (χ3n) is 3.66. The molecule has 4 unspecified atom stereocenters. The second kappa shape index (κ2) is 4.35. The highest BCUT2D eigenvalue weighted by molar-refractivity contribution is 5.13. The maximum atomic E-state index is 9.47. The molecule has 1 fully saturated rings. The van der Waals surface area contributed by atoms with Gasteiger partial charge in [-0.1, -0.05) is 20.8 Å². The van der Waals surface area contributed by atoms with Gasteiger partial charge in [-0.25, -0.2) is 0 Å². The fourth-order valence-electron chi connectivity index (χ4n) is 2.72. The Morgan fingerprint density at radius 2 is 2.00 bits per heavy atom. The maximum Gasteiger partial charge on any atom is 0.157 e. The number of hydrogen-bond acceptors (Lipinski definition) is 3. The summed E-state index contributed by atoms with van der Waals surface area (Å²) in [5.41, 5.74) is -0.576. The number of nitrogens with zero attached hydrogens (tertiary/aromatic N) is 1. The van der Waals surface area contributed by atoms with Crippen molar-refractivity contribution in [1.29, 1.82) is 5.26 Å². The zero-order valence-corrected chi connectivity index (χ0v) is 10.9. The van der Waals surface area contributed by atoms with Crippen molar-refractivity contribution >= 4 is 0 Å². The first-order chi connectivity index (χ1) is 7.22. The highest BCUT2D eigenvalue weighted by atomic mass is 16.5. The predicted molar refractivity (Wildman–Crippen MR) is 62.8 cm³/mol. The van der Waals surface area contributed by atoms with Crippen LogP contribution in [0.5, 0.6) is 0 Å². The number of nitriles is 1. The zero-order chi connectivity index (χ0) is 12.6. The fourth-order valence-corrected chi connectivity index (χ4v) is 2.72. The molecule has 0 radical (unpaired) electrons. The summed E-state index contributed by atoms with van der Waals surface area (Å²) in [6, 6.07) is 2.34. The first-order valence-electron chi connectivity index (χ1n) is 5.99. The first kappa shape index (κ1) is 13.5. The molecule has 92 valence electrons. The normalized spacial score (nSPS) is 36.7. The topological polar surface area (TPSA) is 53.2 Å². The summed E-state index contributed by atoms with van der Waals surface area (Å²) < 4.78 is 5.85. The summed E-state index contributed by atoms with van der Waals surface area (Å²) in [6.07, 6.45) is 0.902. The Kier molecular flexibility index (Phi) is 3.66. The van der Waals surface area contributed by atoms with Gasteiger partial charge < -0.3 is 9.84 Å². The third-order valence-corrected chi connectivity index (χ3v) is 3.66. The van der Waals surface area contributed by atoms with Gasteiger partial charge in [-0.3, -0.25) is 0 Å². The third kappa shape index (κ3) is 2.56. The van der Waals surface area contributed by atoms with Crippen molar-refractivity contribution in [2.75, 3.05) is 0 Å². The molecule has 0 saturated heterocycles. The molecule has 1 N–H and O–H groups in total. The molecule has 1 aliphatic rings.